The number of nitrogens with one attached hydrogen (secondary N) is 1. The third-order valence-corrected chi connectivity index (χ3v) is 4.25. The van der Waals surface area contributed by atoms with E-state index in [0.717, 1.165) is 12.0 Å². The monoisotopic (exact) mass is 225 g/mol. The molecular formula is C13H27N3. The van der Waals surface area contributed by atoms with E-state index in [9.17, 15) is 0 Å². The highest BCUT2D eigenvalue weighted by Crippen LogP contribution is 2.16. The van der Waals surface area contributed by atoms with Gasteiger partial charge in [0.15, 0.2) is 0 Å². The van der Waals surface area contributed by atoms with Crippen molar-refractivity contribution in [3.63, 3.8) is 0 Å². The number of piperazine rings is 1. The molecule has 0 spiro atoms. The van der Waals surface area contributed by atoms with E-state index >= 15 is 0 Å². The molecule has 0 aromatic carbocycles. The summed E-state index contributed by atoms with van der Waals surface area (Å²) in [5, 5.41) is 3.52. The van der Waals surface area contributed by atoms with Crippen LogP contribution >= 0.6 is 0 Å². The fourth-order valence-electron chi connectivity index (χ4n) is 3.06. The summed E-state index contributed by atoms with van der Waals surface area (Å²) in [6, 6.07) is 0.783. The van der Waals surface area contributed by atoms with E-state index in [0.29, 0.717) is 0 Å². The van der Waals surface area contributed by atoms with E-state index in [-0.39, 0.29) is 0 Å². The zero-order valence-corrected chi connectivity index (χ0v) is 10.9. The summed E-state index contributed by atoms with van der Waals surface area (Å²) in [7, 11) is 2.27. The van der Waals surface area contributed by atoms with Crippen LogP contribution in [0.15, 0.2) is 0 Å². The van der Waals surface area contributed by atoms with Gasteiger partial charge in [0.05, 0.1) is 0 Å². The van der Waals surface area contributed by atoms with Crippen LogP contribution in [0.5, 0.6) is 0 Å². The Morgan fingerprint density at radius 1 is 1.31 bits per heavy atom. The molecule has 1 N–H and O–H groups in total. The minimum absolute atomic E-state index is 0.783. The molecule has 2 aliphatic rings. The average molecular weight is 225 g/mol. The first-order chi connectivity index (χ1) is 7.79. The van der Waals surface area contributed by atoms with Gasteiger partial charge in [-0.3, -0.25) is 0 Å². The first-order valence-electron chi connectivity index (χ1n) is 6.93. The van der Waals surface area contributed by atoms with E-state index < -0.39 is 0 Å². The Morgan fingerprint density at radius 2 is 2.19 bits per heavy atom. The van der Waals surface area contributed by atoms with Crippen molar-refractivity contribution in [2.24, 2.45) is 5.92 Å². The van der Waals surface area contributed by atoms with Crippen molar-refractivity contribution < 1.29 is 0 Å². The molecule has 2 saturated heterocycles. The largest absolute Gasteiger partial charge is 0.316 e. The lowest BCUT2D eigenvalue weighted by atomic mass is 9.98. The van der Waals surface area contributed by atoms with E-state index in [1.165, 1.54) is 58.5 Å². The third-order valence-electron chi connectivity index (χ3n) is 4.25. The lowest BCUT2D eigenvalue weighted by molar-refractivity contribution is 0.0780. The lowest BCUT2D eigenvalue weighted by Crippen LogP contribution is -2.53. The van der Waals surface area contributed by atoms with Gasteiger partial charge in [0, 0.05) is 32.2 Å². The zero-order valence-electron chi connectivity index (χ0n) is 10.9. The number of hydrogen-bond acceptors (Lipinski definition) is 3. The van der Waals surface area contributed by atoms with Crippen LogP contribution in [0.4, 0.5) is 0 Å². The van der Waals surface area contributed by atoms with Crippen molar-refractivity contribution in [3.05, 3.63) is 0 Å². The maximum atomic E-state index is 3.52. The second kappa shape index (κ2) is 5.99. The summed E-state index contributed by atoms with van der Waals surface area (Å²) in [5.74, 6) is 0.898. The second-order valence-electron chi connectivity index (χ2n) is 5.51. The molecule has 0 aromatic heterocycles. The fourth-order valence-corrected chi connectivity index (χ4v) is 3.06. The van der Waals surface area contributed by atoms with Gasteiger partial charge in [-0.1, -0.05) is 6.92 Å². The van der Waals surface area contributed by atoms with Crippen molar-refractivity contribution in [3.8, 4) is 0 Å². The van der Waals surface area contributed by atoms with Gasteiger partial charge in [0.2, 0.25) is 0 Å². The number of piperidine rings is 1. The normalized spacial score (nSPS) is 34.1. The summed E-state index contributed by atoms with van der Waals surface area (Å²) in [6.07, 6.45) is 4.08. The van der Waals surface area contributed by atoms with Crippen molar-refractivity contribution in [1.29, 1.82) is 0 Å². The maximum Gasteiger partial charge on any atom is 0.0218 e. The summed E-state index contributed by atoms with van der Waals surface area (Å²) < 4.78 is 0. The number of likely N-dealkylation sites (N-methyl/N-ethyl adjacent to an activating group) is 1. The Hall–Kier alpha value is -0.120. The van der Waals surface area contributed by atoms with Crippen LogP contribution < -0.4 is 5.32 Å². The Morgan fingerprint density at radius 3 is 2.88 bits per heavy atom. The van der Waals surface area contributed by atoms with Gasteiger partial charge in [0.25, 0.3) is 0 Å². The van der Waals surface area contributed by atoms with Gasteiger partial charge in [-0.05, 0) is 45.3 Å². The van der Waals surface area contributed by atoms with Crippen LogP contribution in [-0.4, -0.2) is 62.2 Å². The molecule has 2 fully saturated rings. The van der Waals surface area contributed by atoms with Gasteiger partial charge in [-0.15, -0.1) is 0 Å². The highest BCUT2D eigenvalue weighted by atomic mass is 15.3. The molecule has 2 aliphatic heterocycles. The molecule has 2 unspecified atom stereocenters. The van der Waals surface area contributed by atoms with Crippen molar-refractivity contribution in [2.75, 3.05) is 46.3 Å². The van der Waals surface area contributed by atoms with Gasteiger partial charge < -0.3 is 15.1 Å². The summed E-state index contributed by atoms with van der Waals surface area (Å²) >= 11 is 0. The maximum absolute atomic E-state index is 3.52. The Labute approximate surface area is 100 Å². The number of rotatable bonds is 3. The topological polar surface area (TPSA) is 18.5 Å². The fraction of sp³-hybridized carbons (Fsp3) is 1.00. The van der Waals surface area contributed by atoms with E-state index in [2.05, 4.69) is 29.1 Å². The van der Waals surface area contributed by atoms with Gasteiger partial charge >= 0.3 is 0 Å². The highest BCUT2D eigenvalue weighted by Gasteiger charge is 2.25. The standard InChI is InChI=1S/C13H27N3/c1-3-13-11-16(8-7-15(13)2)10-12-5-4-6-14-9-12/h12-14H,3-11H2,1-2H3. The number of hydrogen-bond donors (Lipinski definition) is 1. The quantitative estimate of drug-likeness (QED) is 0.773. The molecule has 3 heteroatoms. The molecule has 16 heavy (non-hydrogen) atoms. The first-order valence-corrected chi connectivity index (χ1v) is 6.93. The molecule has 0 aromatic rings. The van der Waals surface area contributed by atoms with Crippen LogP contribution in [0.25, 0.3) is 0 Å². The highest BCUT2D eigenvalue weighted by molar-refractivity contribution is 4.81. The first kappa shape index (κ1) is 12.3. The van der Waals surface area contributed by atoms with Crippen molar-refractivity contribution in [2.45, 2.75) is 32.2 Å². The second-order valence-corrected chi connectivity index (χ2v) is 5.51. The molecule has 94 valence electrons. The van der Waals surface area contributed by atoms with E-state index in [4.69, 9.17) is 0 Å². The van der Waals surface area contributed by atoms with Crippen LogP contribution in [0.3, 0.4) is 0 Å². The lowest BCUT2D eigenvalue weighted by Gasteiger charge is -2.41. The Kier molecular flexibility index (Phi) is 4.62. The van der Waals surface area contributed by atoms with Crippen molar-refractivity contribution in [1.82, 2.24) is 15.1 Å². The Bertz CT molecular complexity index is 201. The minimum atomic E-state index is 0.783. The molecule has 0 bridgehead atoms. The molecule has 0 saturated carbocycles. The zero-order chi connectivity index (χ0) is 11.4. The predicted molar refractivity (Wildman–Crippen MR) is 68.7 cm³/mol. The molecule has 0 amide bonds. The van der Waals surface area contributed by atoms with E-state index in [1.807, 2.05) is 0 Å². The molecule has 2 heterocycles. The third kappa shape index (κ3) is 3.19. The smallest absolute Gasteiger partial charge is 0.0218 e. The summed E-state index contributed by atoms with van der Waals surface area (Å²) in [6.45, 7) is 9.90. The molecule has 0 aliphatic carbocycles. The molecule has 2 rings (SSSR count). The van der Waals surface area contributed by atoms with Crippen molar-refractivity contribution >= 4 is 0 Å². The van der Waals surface area contributed by atoms with Gasteiger partial charge in [-0.2, -0.15) is 0 Å². The SMILES string of the molecule is CCC1CN(CC2CCCNC2)CCN1C. The minimum Gasteiger partial charge on any atom is -0.316 e. The Balaban J connectivity index is 1.76. The molecule has 2 atom stereocenters. The van der Waals surface area contributed by atoms with Gasteiger partial charge in [-0.25, -0.2) is 0 Å². The summed E-state index contributed by atoms with van der Waals surface area (Å²) in [5.41, 5.74) is 0. The molecule has 0 radical (unpaired) electrons. The number of nitrogens with zero attached hydrogens (tertiary/aromatic N) is 2. The van der Waals surface area contributed by atoms with E-state index in [1.54, 1.807) is 0 Å². The van der Waals surface area contributed by atoms with Crippen LogP contribution in [0.2, 0.25) is 0 Å². The van der Waals surface area contributed by atoms with Gasteiger partial charge in [0.1, 0.15) is 0 Å². The van der Waals surface area contributed by atoms with Crippen LogP contribution in [-0.2, 0) is 0 Å². The van der Waals surface area contributed by atoms with Crippen LogP contribution in [0.1, 0.15) is 26.2 Å². The molecule has 3 nitrogen and oxygen atoms in total. The molecular weight excluding hydrogens is 198 g/mol. The van der Waals surface area contributed by atoms with Crippen LogP contribution in [0, 0.1) is 5.92 Å². The average Bonchev–Trinajstić information content (AvgIpc) is 2.33. The summed E-state index contributed by atoms with van der Waals surface area (Å²) in [4.78, 5) is 5.21. The predicted octanol–water partition coefficient (Wildman–Crippen LogP) is 1.01.